The lowest BCUT2D eigenvalue weighted by Crippen LogP contribution is -2.15. The molecule has 0 fully saturated rings. The van der Waals surface area contributed by atoms with Gasteiger partial charge in [-0.1, -0.05) is 12.1 Å². The van der Waals surface area contributed by atoms with Crippen molar-refractivity contribution < 1.29 is 9.18 Å². The number of halogens is 1. The van der Waals surface area contributed by atoms with Crippen LogP contribution < -0.4 is 5.32 Å². The minimum atomic E-state index is -0.446. The maximum absolute atomic E-state index is 13.4. The van der Waals surface area contributed by atoms with Crippen molar-refractivity contribution in [3.8, 4) is 0 Å². The third-order valence-corrected chi connectivity index (χ3v) is 3.14. The van der Waals surface area contributed by atoms with E-state index < -0.39 is 5.82 Å². The number of nitrogens with zero attached hydrogens (tertiary/aromatic N) is 1. The molecule has 4 nitrogen and oxygen atoms in total. The van der Waals surface area contributed by atoms with Gasteiger partial charge in [0.1, 0.15) is 5.82 Å². The number of fused-ring (bicyclic) bond motifs is 1. The number of amides is 1. The molecule has 92 valence electrons. The van der Waals surface area contributed by atoms with Crippen molar-refractivity contribution in [2.45, 2.75) is 19.3 Å². The molecule has 18 heavy (non-hydrogen) atoms. The number of aryl methyl sites for hydroxylation is 1. The van der Waals surface area contributed by atoms with Gasteiger partial charge in [-0.3, -0.25) is 9.89 Å². The molecule has 1 aromatic heterocycles. The van der Waals surface area contributed by atoms with Crippen molar-refractivity contribution in [2.24, 2.45) is 0 Å². The number of carbonyl (C=O) groups excluding carboxylic acids is 1. The predicted molar refractivity (Wildman–Crippen MR) is 65.0 cm³/mol. The summed E-state index contributed by atoms with van der Waals surface area (Å²) in [5.74, 6) is -0.808. The van der Waals surface area contributed by atoms with Crippen LogP contribution in [0.3, 0.4) is 0 Å². The number of benzene rings is 1. The molecule has 0 saturated carbocycles. The normalized spacial score (nSPS) is 13.4. The lowest BCUT2D eigenvalue weighted by Gasteiger charge is -2.04. The Morgan fingerprint density at radius 1 is 1.33 bits per heavy atom. The molecular formula is C13H12FN3O. The summed E-state index contributed by atoms with van der Waals surface area (Å²) in [6.07, 6.45) is 2.81. The number of anilines is 1. The van der Waals surface area contributed by atoms with Crippen molar-refractivity contribution in [2.75, 3.05) is 5.32 Å². The van der Waals surface area contributed by atoms with Gasteiger partial charge in [0.15, 0.2) is 5.69 Å². The topological polar surface area (TPSA) is 57.8 Å². The van der Waals surface area contributed by atoms with Gasteiger partial charge in [0, 0.05) is 11.3 Å². The first-order valence-corrected chi connectivity index (χ1v) is 5.87. The number of aromatic amines is 1. The van der Waals surface area contributed by atoms with Gasteiger partial charge in [-0.15, -0.1) is 0 Å². The van der Waals surface area contributed by atoms with Crippen LogP contribution in [0.1, 0.15) is 28.2 Å². The zero-order valence-corrected chi connectivity index (χ0v) is 9.66. The summed E-state index contributed by atoms with van der Waals surface area (Å²) in [7, 11) is 0. The Labute approximate surface area is 103 Å². The van der Waals surface area contributed by atoms with E-state index in [0.717, 1.165) is 30.5 Å². The van der Waals surface area contributed by atoms with E-state index in [9.17, 15) is 9.18 Å². The van der Waals surface area contributed by atoms with E-state index >= 15 is 0 Å². The van der Waals surface area contributed by atoms with Crippen LogP contribution >= 0.6 is 0 Å². The zero-order valence-electron chi connectivity index (χ0n) is 9.66. The van der Waals surface area contributed by atoms with Crippen LogP contribution in [-0.2, 0) is 12.8 Å². The van der Waals surface area contributed by atoms with E-state index in [1.165, 1.54) is 12.1 Å². The van der Waals surface area contributed by atoms with Crippen molar-refractivity contribution >= 4 is 11.6 Å². The summed E-state index contributed by atoms with van der Waals surface area (Å²) in [6.45, 7) is 0. The molecule has 2 N–H and O–H groups in total. The quantitative estimate of drug-likeness (QED) is 0.852. The molecule has 1 heterocycles. The number of rotatable bonds is 2. The highest BCUT2D eigenvalue weighted by Gasteiger charge is 2.23. The molecule has 1 amide bonds. The van der Waals surface area contributed by atoms with Gasteiger partial charge in [0.2, 0.25) is 0 Å². The summed E-state index contributed by atoms with van der Waals surface area (Å²) in [6, 6.07) is 6.09. The number of para-hydroxylation sites is 1. The number of aromatic nitrogens is 2. The van der Waals surface area contributed by atoms with Crippen LogP contribution in [0.25, 0.3) is 0 Å². The van der Waals surface area contributed by atoms with Gasteiger partial charge in [-0.05, 0) is 31.4 Å². The molecule has 5 heteroatoms. The lowest BCUT2D eigenvalue weighted by molar-refractivity contribution is 0.102. The summed E-state index contributed by atoms with van der Waals surface area (Å²) in [5.41, 5.74) is 2.54. The minimum Gasteiger partial charge on any atom is -0.318 e. The molecule has 1 aliphatic carbocycles. The minimum absolute atomic E-state index is 0.178. The first kappa shape index (κ1) is 11.0. The molecule has 0 spiro atoms. The van der Waals surface area contributed by atoms with Crippen LogP contribution in [-0.4, -0.2) is 16.1 Å². The van der Waals surface area contributed by atoms with E-state index in [1.807, 2.05) is 0 Å². The van der Waals surface area contributed by atoms with Crippen molar-refractivity contribution in [1.29, 1.82) is 0 Å². The molecule has 0 bridgehead atoms. The number of hydrogen-bond donors (Lipinski definition) is 2. The Hall–Kier alpha value is -2.17. The molecule has 1 aromatic carbocycles. The second kappa shape index (κ2) is 4.25. The molecule has 0 unspecified atom stereocenters. The standard InChI is InChI=1S/C13H12FN3O/c14-9-5-1-2-6-11(9)15-13(18)12-8-4-3-7-10(8)16-17-12/h1-2,5-6H,3-4,7H2,(H,15,18)(H,16,17). The maximum Gasteiger partial charge on any atom is 0.276 e. The summed E-state index contributed by atoms with van der Waals surface area (Å²) < 4.78 is 13.4. The average molecular weight is 245 g/mol. The van der Waals surface area contributed by atoms with E-state index in [2.05, 4.69) is 15.5 Å². The summed E-state index contributed by atoms with van der Waals surface area (Å²) in [4.78, 5) is 12.0. The number of carbonyl (C=O) groups is 1. The average Bonchev–Trinajstić information content (AvgIpc) is 2.93. The molecule has 1 aliphatic rings. The van der Waals surface area contributed by atoms with Crippen LogP contribution in [0.5, 0.6) is 0 Å². The van der Waals surface area contributed by atoms with E-state index in [-0.39, 0.29) is 11.6 Å². The smallest absolute Gasteiger partial charge is 0.276 e. The Balaban J connectivity index is 1.85. The number of H-pyrrole nitrogens is 1. The van der Waals surface area contributed by atoms with Crippen molar-refractivity contribution in [3.63, 3.8) is 0 Å². The Morgan fingerprint density at radius 3 is 3.00 bits per heavy atom. The van der Waals surface area contributed by atoms with Gasteiger partial charge in [-0.25, -0.2) is 4.39 Å². The van der Waals surface area contributed by atoms with Crippen LogP contribution in [0, 0.1) is 5.82 Å². The molecule has 0 saturated heterocycles. The highest BCUT2D eigenvalue weighted by atomic mass is 19.1. The molecule has 3 rings (SSSR count). The largest absolute Gasteiger partial charge is 0.318 e. The van der Waals surface area contributed by atoms with Crippen molar-refractivity contribution in [3.05, 3.63) is 47.0 Å². The highest BCUT2D eigenvalue weighted by molar-refractivity contribution is 6.04. The Morgan fingerprint density at radius 2 is 2.17 bits per heavy atom. The fourth-order valence-corrected chi connectivity index (χ4v) is 2.25. The second-order valence-electron chi connectivity index (χ2n) is 4.32. The zero-order chi connectivity index (χ0) is 12.5. The first-order chi connectivity index (χ1) is 8.75. The molecule has 2 aromatic rings. The van der Waals surface area contributed by atoms with E-state index in [1.54, 1.807) is 12.1 Å². The van der Waals surface area contributed by atoms with Crippen LogP contribution in [0.2, 0.25) is 0 Å². The predicted octanol–water partition coefficient (Wildman–Crippen LogP) is 2.29. The monoisotopic (exact) mass is 245 g/mol. The van der Waals surface area contributed by atoms with Crippen LogP contribution in [0.4, 0.5) is 10.1 Å². The SMILES string of the molecule is O=C(Nc1ccccc1F)c1n[nH]c2c1CCC2. The van der Waals surface area contributed by atoms with E-state index in [0.29, 0.717) is 5.69 Å². The highest BCUT2D eigenvalue weighted by Crippen LogP contribution is 2.23. The van der Waals surface area contributed by atoms with Gasteiger partial charge >= 0.3 is 0 Å². The van der Waals surface area contributed by atoms with Gasteiger partial charge in [0.05, 0.1) is 5.69 Å². The number of nitrogens with one attached hydrogen (secondary N) is 2. The maximum atomic E-state index is 13.4. The Bertz CT molecular complexity index is 606. The number of hydrogen-bond acceptors (Lipinski definition) is 2. The Kier molecular flexibility index (Phi) is 2.59. The molecule has 0 atom stereocenters. The first-order valence-electron chi connectivity index (χ1n) is 5.87. The van der Waals surface area contributed by atoms with Gasteiger partial charge in [0.25, 0.3) is 5.91 Å². The lowest BCUT2D eigenvalue weighted by atomic mass is 10.2. The van der Waals surface area contributed by atoms with Crippen molar-refractivity contribution in [1.82, 2.24) is 10.2 Å². The molecule has 0 aliphatic heterocycles. The third kappa shape index (κ3) is 1.77. The van der Waals surface area contributed by atoms with E-state index in [4.69, 9.17) is 0 Å². The summed E-state index contributed by atoms with van der Waals surface area (Å²) >= 11 is 0. The summed E-state index contributed by atoms with van der Waals surface area (Å²) in [5, 5.41) is 9.41. The second-order valence-corrected chi connectivity index (χ2v) is 4.32. The van der Waals surface area contributed by atoms with Gasteiger partial charge < -0.3 is 5.32 Å². The van der Waals surface area contributed by atoms with Crippen LogP contribution in [0.15, 0.2) is 24.3 Å². The van der Waals surface area contributed by atoms with Gasteiger partial charge in [-0.2, -0.15) is 5.10 Å². The third-order valence-electron chi connectivity index (χ3n) is 3.14. The molecule has 0 radical (unpaired) electrons. The fraction of sp³-hybridized carbons (Fsp3) is 0.231. The fourth-order valence-electron chi connectivity index (χ4n) is 2.25. The molecular weight excluding hydrogens is 233 g/mol.